The lowest BCUT2D eigenvalue weighted by Crippen LogP contribution is -2.28. The van der Waals surface area contributed by atoms with Crippen molar-refractivity contribution >= 4 is 12.0 Å². The molecule has 1 aliphatic heterocycles. The smallest absolute Gasteiger partial charge is 0.101 e. The van der Waals surface area contributed by atoms with Crippen LogP contribution in [-0.2, 0) is 0 Å². The second-order valence-corrected chi connectivity index (χ2v) is 3.97. The van der Waals surface area contributed by atoms with Gasteiger partial charge in [-0.05, 0) is 31.4 Å². The average molecular weight is 213 g/mol. The highest BCUT2D eigenvalue weighted by Gasteiger charge is 2.06. The van der Waals surface area contributed by atoms with E-state index in [-0.39, 0.29) is 0 Å². The van der Waals surface area contributed by atoms with Crippen LogP contribution in [0.2, 0.25) is 0 Å². The second kappa shape index (κ2) is 5.32. The van der Waals surface area contributed by atoms with E-state index in [1.54, 1.807) is 6.07 Å². The highest BCUT2D eigenvalue weighted by Crippen LogP contribution is 2.17. The number of hydrogen-bond acceptors (Lipinski definition) is 2. The molecule has 0 amide bonds. The molecule has 0 aliphatic carbocycles. The van der Waals surface area contributed by atoms with Crippen molar-refractivity contribution in [2.24, 2.45) is 4.99 Å². The summed E-state index contributed by atoms with van der Waals surface area (Å²) in [5, 5.41) is 8.92. The summed E-state index contributed by atoms with van der Waals surface area (Å²) in [7, 11) is 0. The normalized spacial score (nSPS) is 16.3. The Labute approximate surface area is 96.0 Å². The maximum atomic E-state index is 8.92. The number of nitrogens with zero attached hydrogens (tertiary/aromatic N) is 3. The minimum Gasteiger partial charge on any atom is -0.363 e. The third-order valence-electron chi connectivity index (χ3n) is 2.78. The van der Waals surface area contributed by atoms with Crippen LogP contribution in [-0.4, -0.2) is 24.3 Å². The van der Waals surface area contributed by atoms with Gasteiger partial charge in [-0.15, -0.1) is 0 Å². The van der Waals surface area contributed by atoms with Crippen molar-refractivity contribution in [3.63, 3.8) is 0 Å². The van der Waals surface area contributed by atoms with Crippen molar-refractivity contribution in [2.45, 2.75) is 19.3 Å². The molecule has 16 heavy (non-hydrogen) atoms. The first-order valence-corrected chi connectivity index (χ1v) is 5.67. The molecule has 2 rings (SSSR count). The molecule has 0 unspecified atom stereocenters. The predicted octanol–water partition coefficient (Wildman–Crippen LogP) is 2.70. The fourth-order valence-corrected chi connectivity index (χ4v) is 1.86. The molecule has 1 heterocycles. The lowest BCUT2D eigenvalue weighted by Gasteiger charge is -2.23. The minimum atomic E-state index is 0.635. The molecule has 0 N–H and O–H groups in total. The van der Waals surface area contributed by atoms with Crippen LogP contribution >= 0.6 is 0 Å². The number of para-hydroxylation sites is 1. The predicted molar refractivity (Wildman–Crippen MR) is 64.7 cm³/mol. The van der Waals surface area contributed by atoms with Gasteiger partial charge in [-0.25, -0.2) is 4.99 Å². The van der Waals surface area contributed by atoms with Crippen LogP contribution in [0.25, 0.3) is 0 Å². The first-order valence-electron chi connectivity index (χ1n) is 5.67. The standard InChI is InChI=1S/C13H15N3/c14-10-12-6-2-3-7-13(12)15-11-16-8-4-1-5-9-16/h2-3,6-7,11H,1,4-5,8-9H2. The van der Waals surface area contributed by atoms with Crippen molar-refractivity contribution in [3.8, 4) is 6.07 Å². The van der Waals surface area contributed by atoms with Gasteiger partial charge in [0.05, 0.1) is 17.6 Å². The molecule has 0 saturated carbocycles. The second-order valence-electron chi connectivity index (χ2n) is 3.97. The SMILES string of the molecule is N#Cc1ccccc1N=CN1CCCCC1. The van der Waals surface area contributed by atoms with Gasteiger partial charge < -0.3 is 4.90 Å². The van der Waals surface area contributed by atoms with Crippen molar-refractivity contribution < 1.29 is 0 Å². The Balaban J connectivity index is 2.07. The van der Waals surface area contributed by atoms with Crippen LogP contribution in [0.1, 0.15) is 24.8 Å². The Morgan fingerprint density at radius 3 is 2.69 bits per heavy atom. The van der Waals surface area contributed by atoms with Crippen molar-refractivity contribution in [1.29, 1.82) is 5.26 Å². The zero-order chi connectivity index (χ0) is 11.2. The number of benzene rings is 1. The van der Waals surface area contributed by atoms with Gasteiger partial charge in [0.15, 0.2) is 0 Å². The number of rotatable bonds is 2. The Hall–Kier alpha value is -1.82. The fraction of sp³-hybridized carbons (Fsp3) is 0.385. The molecule has 1 aliphatic rings. The average Bonchev–Trinajstić information content (AvgIpc) is 2.38. The summed E-state index contributed by atoms with van der Waals surface area (Å²) in [6.45, 7) is 2.16. The number of nitriles is 1. The van der Waals surface area contributed by atoms with Crippen LogP contribution in [0, 0.1) is 11.3 Å². The molecule has 0 atom stereocenters. The highest BCUT2D eigenvalue weighted by molar-refractivity contribution is 5.65. The lowest BCUT2D eigenvalue weighted by molar-refractivity contribution is 0.351. The molecule has 0 spiro atoms. The van der Waals surface area contributed by atoms with Gasteiger partial charge in [-0.1, -0.05) is 12.1 Å². The van der Waals surface area contributed by atoms with E-state index >= 15 is 0 Å². The zero-order valence-corrected chi connectivity index (χ0v) is 9.26. The Morgan fingerprint density at radius 2 is 1.94 bits per heavy atom. The van der Waals surface area contributed by atoms with Crippen LogP contribution in [0.3, 0.4) is 0 Å². The van der Waals surface area contributed by atoms with Gasteiger partial charge in [0.1, 0.15) is 6.07 Å². The van der Waals surface area contributed by atoms with E-state index in [9.17, 15) is 0 Å². The van der Waals surface area contributed by atoms with E-state index in [1.165, 1.54) is 19.3 Å². The van der Waals surface area contributed by atoms with Gasteiger partial charge in [0.2, 0.25) is 0 Å². The van der Waals surface area contributed by atoms with E-state index in [2.05, 4.69) is 16.0 Å². The number of likely N-dealkylation sites (tertiary alicyclic amines) is 1. The van der Waals surface area contributed by atoms with Crippen LogP contribution in [0.5, 0.6) is 0 Å². The molecule has 1 aromatic carbocycles. The van der Waals surface area contributed by atoms with Crippen LogP contribution < -0.4 is 0 Å². The van der Waals surface area contributed by atoms with E-state index in [0.717, 1.165) is 18.8 Å². The Kier molecular flexibility index (Phi) is 3.55. The summed E-state index contributed by atoms with van der Waals surface area (Å²) in [6, 6.07) is 9.59. The molecular formula is C13H15N3. The molecule has 0 bridgehead atoms. The molecule has 0 aromatic heterocycles. The maximum absolute atomic E-state index is 8.92. The van der Waals surface area contributed by atoms with E-state index in [1.807, 2.05) is 24.5 Å². The molecular weight excluding hydrogens is 198 g/mol. The summed E-state index contributed by atoms with van der Waals surface area (Å²) in [6.07, 6.45) is 5.67. The van der Waals surface area contributed by atoms with Gasteiger partial charge >= 0.3 is 0 Å². The Morgan fingerprint density at radius 1 is 1.19 bits per heavy atom. The minimum absolute atomic E-state index is 0.635. The monoisotopic (exact) mass is 213 g/mol. The topological polar surface area (TPSA) is 39.4 Å². The molecule has 3 heteroatoms. The molecule has 1 aromatic rings. The van der Waals surface area contributed by atoms with Crippen molar-refractivity contribution in [1.82, 2.24) is 4.90 Å². The van der Waals surface area contributed by atoms with E-state index in [4.69, 9.17) is 5.26 Å². The first-order chi connectivity index (χ1) is 7.90. The summed E-state index contributed by atoms with van der Waals surface area (Å²) < 4.78 is 0. The van der Waals surface area contributed by atoms with Crippen molar-refractivity contribution in [2.75, 3.05) is 13.1 Å². The molecule has 3 nitrogen and oxygen atoms in total. The first kappa shape index (κ1) is 10.7. The maximum Gasteiger partial charge on any atom is 0.101 e. The summed E-state index contributed by atoms with van der Waals surface area (Å²) >= 11 is 0. The molecule has 1 fully saturated rings. The van der Waals surface area contributed by atoms with Crippen molar-refractivity contribution in [3.05, 3.63) is 29.8 Å². The van der Waals surface area contributed by atoms with Gasteiger partial charge in [-0.3, -0.25) is 0 Å². The zero-order valence-electron chi connectivity index (χ0n) is 9.26. The number of hydrogen-bond donors (Lipinski definition) is 0. The van der Waals surface area contributed by atoms with Gasteiger partial charge in [0, 0.05) is 13.1 Å². The molecule has 82 valence electrons. The van der Waals surface area contributed by atoms with Crippen LogP contribution in [0.15, 0.2) is 29.3 Å². The van der Waals surface area contributed by atoms with Gasteiger partial charge in [-0.2, -0.15) is 5.26 Å². The number of piperidine rings is 1. The van der Waals surface area contributed by atoms with E-state index < -0.39 is 0 Å². The quantitative estimate of drug-likeness (QED) is 0.559. The van der Waals surface area contributed by atoms with Crippen LogP contribution in [0.4, 0.5) is 5.69 Å². The summed E-state index contributed by atoms with van der Waals surface area (Å²) in [5.41, 5.74) is 1.39. The molecule has 1 saturated heterocycles. The number of aliphatic imine (C=N–C) groups is 1. The largest absolute Gasteiger partial charge is 0.363 e. The molecule has 0 radical (unpaired) electrons. The highest BCUT2D eigenvalue weighted by atomic mass is 15.1. The fourth-order valence-electron chi connectivity index (χ4n) is 1.86. The van der Waals surface area contributed by atoms with E-state index in [0.29, 0.717) is 5.56 Å². The summed E-state index contributed by atoms with van der Waals surface area (Å²) in [4.78, 5) is 6.60. The summed E-state index contributed by atoms with van der Waals surface area (Å²) in [5.74, 6) is 0. The lowest BCUT2D eigenvalue weighted by atomic mass is 10.1. The Bertz CT molecular complexity index is 411. The van der Waals surface area contributed by atoms with Gasteiger partial charge in [0.25, 0.3) is 0 Å². The third-order valence-corrected chi connectivity index (χ3v) is 2.78. The third kappa shape index (κ3) is 2.60.